The number of para-hydroxylation sites is 1. The highest BCUT2D eigenvalue weighted by atomic mass is 32.2. The molecule has 0 radical (unpaired) electrons. The first kappa shape index (κ1) is 19.3. The van der Waals surface area contributed by atoms with E-state index in [1.54, 1.807) is 0 Å². The van der Waals surface area contributed by atoms with Crippen LogP contribution in [-0.2, 0) is 9.53 Å². The third-order valence-electron chi connectivity index (χ3n) is 5.37. The van der Waals surface area contributed by atoms with Crippen LogP contribution in [0.1, 0.15) is 26.2 Å². The second-order valence-electron chi connectivity index (χ2n) is 7.27. The molecule has 1 unspecified atom stereocenters. The number of hydrogen-bond donors (Lipinski definition) is 0. The van der Waals surface area contributed by atoms with Crippen LogP contribution in [0.4, 0.5) is 5.95 Å². The second kappa shape index (κ2) is 8.96. The van der Waals surface area contributed by atoms with E-state index < -0.39 is 0 Å². The van der Waals surface area contributed by atoms with Gasteiger partial charge in [-0.05, 0) is 38.3 Å². The van der Waals surface area contributed by atoms with Crippen molar-refractivity contribution in [2.45, 2.75) is 37.4 Å². The van der Waals surface area contributed by atoms with Crippen LogP contribution in [0.2, 0.25) is 0 Å². The lowest BCUT2D eigenvalue weighted by molar-refractivity contribution is -0.131. The number of benzene rings is 1. The Bertz CT molecular complexity index is 791. The predicted octanol–water partition coefficient (Wildman–Crippen LogP) is 2.60. The van der Waals surface area contributed by atoms with Gasteiger partial charge < -0.3 is 14.5 Å². The monoisotopic (exact) mass is 401 g/mol. The average Bonchev–Trinajstić information content (AvgIpc) is 3.17. The SMILES string of the molecule is CC1CCCCN1C(=O)CSc1nnc(N2CCOCC2)n1-c1ccccc1. The third kappa shape index (κ3) is 4.17. The van der Waals surface area contributed by atoms with Crippen LogP contribution in [0.25, 0.3) is 5.69 Å². The lowest BCUT2D eigenvalue weighted by atomic mass is 10.0. The van der Waals surface area contributed by atoms with Gasteiger partial charge in [0.2, 0.25) is 11.9 Å². The smallest absolute Gasteiger partial charge is 0.233 e. The van der Waals surface area contributed by atoms with Crippen molar-refractivity contribution >= 4 is 23.6 Å². The van der Waals surface area contributed by atoms with Crippen LogP contribution in [0.3, 0.4) is 0 Å². The molecular formula is C20H27N5O2S. The Kier molecular flexibility index (Phi) is 6.17. The van der Waals surface area contributed by atoms with Crippen LogP contribution in [0.15, 0.2) is 35.5 Å². The Balaban J connectivity index is 1.54. The van der Waals surface area contributed by atoms with Gasteiger partial charge in [-0.15, -0.1) is 10.2 Å². The minimum atomic E-state index is 0.188. The molecule has 0 bridgehead atoms. The zero-order chi connectivity index (χ0) is 19.3. The number of nitrogens with zero attached hydrogens (tertiary/aromatic N) is 5. The van der Waals surface area contributed by atoms with E-state index in [-0.39, 0.29) is 5.91 Å². The molecule has 2 aliphatic heterocycles. The van der Waals surface area contributed by atoms with Gasteiger partial charge in [0, 0.05) is 25.7 Å². The highest BCUT2D eigenvalue weighted by Gasteiger charge is 2.25. The molecule has 7 nitrogen and oxygen atoms in total. The third-order valence-corrected chi connectivity index (χ3v) is 6.29. The first-order chi connectivity index (χ1) is 13.7. The van der Waals surface area contributed by atoms with Crippen molar-refractivity contribution in [3.05, 3.63) is 30.3 Å². The normalized spacial score (nSPS) is 20.4. The molecule has 0 aliphatic carbocycles. The lowest BCUT2D eigenvalue weighted by Crippen LogP contribution is -2.43. The molecule has 2 saturated heterocycles. The molecule has 2 aromatic rings. The number of carbonyl (C=O) groups is 1. The number of anilines is 1. The van der Waals surface area contributed by atoms with E-state index in [0.717, 1.165) is 49.3 Å². The molecule has 1 aromatic carbocycles. The summed E-state index contributed by atoms with van der Waals surface area (Å²) in [6.45, 7) is 5.97. The summed E-state index contributed by atoms with van der Waals surface area (Å²) < 4.78 is 7.53. The Hall–Kier alpha value is -2.06. The molecule has 4 rings (SSSR count). The fraction of sp³-hybridized carbons (Fsp3) is 0.550. The molecule has 2 fully saturated rings. The van der Waals surface area contributed by atoms with E-state index in [1.807, 2.05) is 35.2 Å². The van der Waals surface area contributed by atoms with Gasteiger partial charge in [0.1, 0.15) is 0 Å². The summed E-state index contributed by atoms with van der Waals surface area (Å²) in [4.78, 5) is 17.0. The number of amides is 1. The zero-order valence-corrected chi connectivity index (χ0v) is 17.1. The number of carbonyl (C=O) groups excluding carboxylic acids is 1. The van der Waals surface area contributed by atoms with Crippen LogP contribution >= 0.6 is 11.8 Å². The van der Waals surface area contributed by atoms with Crippen molar-refractivity contribution in [3.63, 3.8) is 0 Å². The average molecular weight is 402 g/mol. The highest BCUT2D eigenvalue weighted by molar-refractivity contribution is 7.99. The number of ether oxygens (including phenoxy) is 1. The molecule has 28 heavy (non-hydrogen) atoms. The van der Waals surface area contributed by atoms with Crippen molar-refractivity contribution in [2.75, 3.05) is 43.5 Å². The van der Waals surface area contributed by atoms with E-state index in [1.165, 1.54) is 18.2 Å². The molecule has 3 heterocycles. The second-order valence-corrected chi connectivity index (χ2v) is 8.22. The minimum Gasteiger partial charge on any atom is -0.378 e. The minimum absolute atomic E-state index is 0.188. The number of rotatable bonds is 5. The van der Waals surface area contributed by atoms with Crippen LogP contribution in [0, 0.1) is 0 Å². The summed E-state index contributed by atoms with van der Waals surface area (Å²) in [5.74, 6) is 1.39. The quantitative estimate of drug-likeness (QED) is 0.718. The van der Waals surface area contributed by atoms with Crippen molar-refractivity contribution in [2.24, 2.45) is 0 Å². The topological polar surface area (TPSA) is 63.5 Å². The first-order valence-electron chi connectivity index (χ1n) is 10.00. The van der Waals surface area contributed by atoms with Gasteiger partial charge in [0.25, 0.3) is 0 Å². The van der Waals surface area contributed by atoms with E-state index in [4.69, 9.17) is 4.74 Å². The number of piperidine rings is 1. The van der Waals surface area contributed by atoms with E-state index >= 15 is 0 Å². The van der Waals surface area contributed by atoms with E-state index in [9.17, 15) is 4.79 Å². The van der Waals surface area contributed by atoms with Gasteiger partial charge in [-0.2, -0.15) is 0 Å². The number of morpholine rings is 1. The summed E-state index contributed by atoms with van der Waals surface area (Å²) in [6.07, 6.45) is 3.41. The Morgan fingerprint density at radius 3 is 2.68 bits per heavy atom. The molecule has 2 aliphatic rings. The van der Waals surface area contributed by atoms with Gasteiger partial charge in [-0.3, -0.25) is 9.36 Å². The Morgan fingerprint density at radius 2 is 1.93 bits per heavy atom. The number of hydrogen-bond acceptors (Lipinski definition) is 6. The lowest BCUT2D eigenvalue weighted by Gasteiger charge is -2.33. The molecule has 1 atom stereocenters. The maximum Gasteiger partial charge on any atom is 0.233 e. The Labute approximate surface area is 170 Å². The Morgan fingerprint density at radius 1 is 1.14 bits per heavy atom. The van der Waals surface area contributed by atoms with Gasteiger partial charge >= 0.3 is 0 Å². The van der Waals surface area contributed by atoms with E-state index in [0.29, 0.717) is 25.0 Å². The number of likely N-dealkylation sites (tertiary alicyclic amines) is 1. The van der Waals surface area contributed by atoms with Gasteiger partial charge in [0.15, 0.2) is 5.16 Å². The highest BCUT2D eigenvalue weighted by Crippen LogP contribution is 2.28. The van der Waals surface area contributed by atoms with Crippen molar-refractivity contribution in [1.82, 2.24) is 19.7 Å². The molecule has 1 aromatic heterocycles. The van der Waals surface area contributed by atoms with Crippen LogP contribution < -0.4 is 4.90 Å². The zero-order valence-electron chi connectivity index (χ0n) is 16.3. The maximum absolute atomic E-state index is 12.8. The summed E-state index contributed by atoms with van der Waals surface area (Å²) in [5, 5.41) is 9.64. The fourth-order valence-corrected chi connectivity index (χ4v) is 4.64. The molecule has 0 spiro atoms. The maximum atomic E-state index is 12.8. The molecule has 1 amide bonds. The summed E-state index contributed by atoms with van der Waals surface area (Å²) >= 11 is 1.47. The summed E-state index contributed by atoms with van der Waals surface area (Å²) in [7, 11) is 0. The summed E-state index contributed by atoms with van der Waals surface area (Å²) in [5.41, 5.74) is 1.01. The molecule has 0 N–H and O–H groups in total. The van der Waals surface area contributed by atoms with Gasteiger partial charge in [-0.25, -0.2) is 0 Å². The van der Waals surface area contributed by atoms with Crippen LogP contribution in [0.5, 0.6) is 0 Å². The molecule has 8 heteroatoms. The van der Waals surface area contributed by atoms with Gasteiger partial charge in [-0.1, -0.05) is 30.0 Å². The van der Waals surface area contributed by atoms with Crippen molar-refractivity contribution in [1.29, 1.82) is 0 Å². The van der Waals surface area contributed by atoms with Crippen LogP contribution in [-0.4, -0.2) is 70.2 Å². The predicted molar refractivity (Wildman–Crippen MR) is 110 cm³/mol. The molecule has 0 saturated carbocycles. The van der Waals surface area contributed by atoms with Crippen molar-refractivity contribution in [3.8, 4) is 5.69 Å². The summed E-state index contributed by atoms with van der Waals surface area (Å²) in [6, 6.07) is 10.4. The first-order valence-corrected chi connectivity index (χ1v) is 11.0. The fourth-order valence-electron chi connectivity index (χ4n) is 3.80. The molecule has 150 valence electrons. The van der Waals surface area contributed by atoms with Gasteiger partial charge in [0.05, 0.1) is 24.7 Å². The number of aromatic nitrogens is 3. The number of thioether (sulfide) groups is 1. The largest absolute Gasteiger partial charge is 0.378 e. The van der Waals surface area contributed by atoms with E-state index in [2.05, 4.69) is 26.6 Å². The standard InChI is InChI=1S/C20H27N5O2S/c1-16-7-5-6-10-24(16)18(26)15-28-20-22-21-19(23-11-13-27-14-12-23)25(20)17-8-3-2-4-9-17/h2-4,8-9,16H,5-7,10-15H2,1H3. The molecular weight excluding hydrogens is 374 g/mol. The van der Waals surface area contributed by atoms with Crippen molar-refractivity contribution < 1.29 is 9.53 Å².